The number of aromatic nitrogens is 2. The lowest BCUT2D eigenvalue weighted by molar-refractivity contribution is -0.0134. The molecule has 2 bridgehead atoms. The summed E-state index contributed by atoms with van der Waals surface area (Å²) in [5.41, 5.74) is 0.817. The minimum atomic E-state index is -3.48. The molecule has 3 heterocycles. The van der Waals surface area contributed by atoms with Gasteiger partial charge in [-0.15, -0.1) is 0 Å². The molecule has 0 amide bonds. The molecule has 2 atom stereocenters. The quantitative estimate of drug-likeness (QED) is 0.676. The summed E-state index contributed by atoms with van der Waals surface area (Å²) in [6, 6.07) is 4.52. The zero-order chi connectivity index (χ0) is 22.3. The molecule has 1 aliphatic carbocycles. The van der Waals surface area contributed by atoms with Crippen molar-refractivity contribution >= 4 is 21.3 Å². The van der Waals surface area contributed by atoms with E-state index in [-0.39, 0.29) is 28.8 Å². The van der Waals surface area contributed by atoms with Crippen LogP contribution in [0.2, 0.25) is 0 Å². The largest absolute Gasteiger partial charge is 0.474 e. The molecule has 10 heteroatoms. The van der Waals surface area contributed by atoms with Crippen molar-refractivity contribution in [2.75, 3.05) is 18.5 Å². The minimum absolute atomic E-state index is 0.0179. The first-order valence-electron chi connectivity index (χ1n) is 11.0. The third-order valence-electron chi connectivity index (χ3n) is 6.53. The second-order valence-electron chi connectivity index (χ2n) is 8.83. The zero-order valence-electron chi connectivity index (χ0n) is 17.9. The number of nitrogens with zero attached hydrogens (tertiary/aromatic N) is 2. The van der Waals surface area contributed by atoms with Crippen LogP contribution >= 0.6 is 0 Å². The van der Waals surface area contributed by atoms with Gasteiger partial charge in [-0.3, -0.25) is 0 Å². The number of anilines is 2. The van der Waals surface area contributed by atoms with E-state index in [1.165, 1.54) is 18.5 Å². The highest BCUT2D eigenvalue weighted by Crippen LogP contribution is 2.33. The van der Waals surface area contributed by atoms with E-state index in [0.717, 1.165) is 25.3 Å². The van der Waals surface area contributed by atoms with E-state index >= 15 is 0 Å². The van der Waals surface area contributed by atoms with Crippen molar-refractivity contribution in [3.63, 3.8) is 0 Å². The lowest BCUT2D eigenvalue weighted by atomic mass is 9.95. The van der Waals surface area contributed by atoms with Crippen LogP contribution in [-0.4, -0.2) is 55.0 Å². The lowest BCUT2D eigenvalue weighted by Gasteiger charge is -2.39. The molecule has 8 nitrogen and oxygen atoms in total. The van der Waals surface area contributed by atoms with E-state index in [4.69, 9.17) is 9.47 Å². The van der Waals surface area contributed by atoms with Gasteiger partial charge in [-0.2, -0.15) is 0 Å². The number of nitrogens with one attached hydrogen (secondary N) is 2. The molecule has 1 saturated carbocycles. The Morgan fingerprint density at radius 3 is 2.59 bits per heavy atom. The Balaban J connectivity index is 1.31. The Labute approximate surface area is 186 Å². The lowest BCUT2D eigenvalue weighted by Crippen LogP contribution is -2.56. The second-order valence-corrected chi connectivity index (χ2v) is 11.1. The Kier molecular flexibility index (Phi) is 5.77. The van der Waals surface area contributed by atoms with Crippen LogP contribution in [0.25, 0.3) is 0 Å². The number of hydrogen-bond donors (Lipinski definition) is 2. The van der Waals surface area contributed by atoms with Gasteiger partial charge in [-0.05, 0) is 38.0 Å². The van der Waals surface area contributed by atoms with Crippen molar-refractivity contribution in [3.05, 3.63) is 35.9 Å². The maximum atomic E-state index is 14.8. The van der Waals surface area contributed by atoms with E-state index in [2.05, 4.69) is 20.6 Å². The number of halogens is 1. The number of morpholine rings is 1. The zero-order valence-corrected chi connectivity index (χ0v) is 18.7. The average molecular weight is 463 g/mol. The van der Waals surface area contributed by atoms with Crippen LogP contribution in [0.5, 0.6) is 5.88 Å². The second kappa shape index (κ2) is 8.57. The number of fused-ring (bicyclic) bond motifs is 2. The highest BCUT2D eigenvalue weighted by atomic mass is 32.2. The summed E-state index contributed by atoms with van der Waals surface area (Å²) in [6.07, 6.45) is 5.22. The maximum absolute atomic E-state index is 14.8. The number of ether oxygens (including phenoxy) is 2. The van der Waals surface area contributed by atoms with Gasteiger partial charge < -0.3 is 20.1 Å². The fraction of sp³-hybridized carbons (Fsp3) is 0.545. The van der Waals surface area contributed by atoms with Gasteiger partial charge >= 0.3 is 0 Å². The molecule has 2 aliphatic heterocycles. The molecule has 1 aromatic carbocycles. The first-order valence-corrected chi connectivity index (χ1v) is 12.6. The number of hydrogen-bond acceptors (Lipinski definition) is 8. The first-order chi connectivity index (χ1) is 15.4. The van der Waals surface area contributed by atoms with Crippen LogP contribution in [0.1, 0.15) is 37.7 Å². The van der Waals surface area contributed by atoms with E-state index < -0.39 is 20.9 Å². The van der Waals surface area contributed by atoms with Gasteiger partial charge in [-0.25, -0.2) is 22.8 Å². The number of piperidine rings is 1. The number of rotatable bonds is 6. The summed E-state index contributed by atoms with van der Waals surface area (Å²) >= 11 is 0. The minimum Gasteiger partial charge on any atom is -0.474 e. The number of sulfone groups is 1. The van der Waals surface area contributed by atoms with Crippen molar-refractivity contribution in [2.45, 2.75) is 67.4 Å². The Hall–Kier alpha value is -2.30. The molecule has 2 N–H and O–H groups in total. The van der Waals surface area contributed by atoms with Gasteiger partial charge in [0.15, 0.2) is 9.84 Å². The summed E-state index contributed by atoms with van der Waals surface area (Å²) in [5.74, 6) is 0.232. The third kappa shape index (κ3) is 4.18. The smallest absolute Gasteiger partial charge is 0.221 e. The van der Waals surface area contributed by atoms with Gasteiger partial charge in [0, 0.05) is 24.9 Å². The molecular formula is C22H27FN4O4S. The monoisotopic (exact) mass is 462 g/mol. The summed E-state index contributed by atoms with van der Waals surface area (Å²) in [5, 5.41) is 6.09. The van der Waals surface area contributed by atoms with Gasteiger partial charge in [0.25, 0.3) is 0 Å². The van der Waals surface area contributed by atoms with Crippen molar-refractivity contribution in [1.82, 2.24) is 15.3 Å². The van der Waals surface area contributed by atoms with E-state index in [9.17, 15) is 12.8 Å². The summed E-state index contributed by atoms with van der Waals surface area (Å²) in [6.45, 7) is 3.17. The fourth-order valence-corrected chi connectivity index (χ4v) is 6.36. The topological polar surface area (TPSA) is 102 Å². The van der Waals surface area contributed by atoms with Crippen molar-refractivity contribution in [2.24, 2.45) is 0 Å². The van der Waals surface area contributed by atoms with Crippen LogP contribution in [0.3, 0.4) is 0 Å². The predicted molar refractivity (Wildman–Crippen MR) is 116 cm³/mol. The standard InChI is InChI=1S/C22H27FN4O4S/c1-13-21(24-12-25-22(13)31-16-7-14-10-30-11-15(8-16)26-14)27-20-6-5-18(9-19(20)23)32(28,29)17-3-2-4-17/h5-6,9,12,14-17,26H,2-4,7-8,10-11H2,1H3,(H,24,25,27). The SMILES string of the molecule is Cc1c(Nc2ccc(S(=O)(=O)C3CCC3)cc2F)ncnc1OC1CC2COCC(C1)N2. The van der Waals surface area contributed by atoms with Crippen molar-refractivity contribution in [1.29, 1.82) is 0 Å². The Morgan fingerprint density at radius 2 is 1.94 bits per heavy atom. The summed E-state index contributed by atoms with van der Waals surface area (Å²) in [4.78, 5) is 8.52. The molecule has 32 heavy (non-hydrogen) atoms. The fourth-order valence-electron chi connectivity index (χ4n) is 4.49. The highest BCUT2D eigenvalue weighted by Gasteiger charge is 2.34. The molecule has 0 radical (unpaired) electrons. The Bertz CT molecular complexity index is 1100. The van der Waals surface area contributed by atoms with E-state index in [1.54, 1.807) is 0 Å². The molecule has 1 aromatic heterocycles. The van der Waals surface area contributed by atoms with Crippen LogP contribution in [-0.2, 0) is 14.6 Å². The van der Waals surface area contributed by atoms with Crippen molar-refractivity contribution < 1.29 is 22.3 Å². The van der Waals surface area contributed by atoms with Crippen LogP contribution < -0.4 is 15.4 Å². The molecule has 0 spiro atoms. The van der Waals surface area contributed by atoms with Crippen LogP contribution in [0.4, 0.5) is 15.9 Å². The van der Waals surface area contributed by atoms with E-state index in [1.807, 2.05) is 6.92 Å². The van der Waals surface area contributed by atoms with Crippen molar-refractivity contribution in [3.8, 4) is 5.88 Å². The van der Waals surface area contributed by atoms with E-state index in [0.29, 0.717) is 43.3 Å². The first kappa shape index (κ1) is 21.5. The molecular weight excluding hydrogens is 435 g/mol. The number of benzene rings is 1. The molecule has 5 rings (SSSR count). The maximum Gasteiger partial charge on any atom is 0.221 e. The van der Waals surface area contributed by atoms with Crippen LogP contribution in [0.15, 0.2) is 29.4 Å². The molecule has 172 valence electrons. The van der Waals surface area contributed by atoms with Gasteiger partial charge in [-0.1, -0.05) is 6.42 Å². The molecule has 2 unspecified atom stereocenters. The molecule has 2 aromatic rings. The summed E-state index contributed by atoms with van der Waals surface area (Å²) < 4.78 is 51.6. The normalized spacial score (nSPS) is 25.8. The van der Waals surface area contributed by atoms with Gasteiger partial charge in [0.1, 0.15) is 24.1 Å². The molecule has 3 aliphatic rings. The predicted octanol–water partition coefficient (Wildman–Crippen LogP) is 2.89. The molecule has 2 saturated heterocycles. The average Bonchev–Trinajstić information content (AvgIpc) is 2.70. The molecule has 3 fully saturated rings. The third-order valence-corrected chi connectivity index (χ3v) is 8.79. The van der Waals surface area contributed by atoms with Gasteiger partial charge in [0.05, 0.1) is 34.6 Å². The Morgan fingerprint density at radius 1 is 1.19 bits per heavy atom. The highest BCUT2D eigenvalue weighted by molar-refractivity contribution is 7.92. The van der Waals surface area contributed by atoms with Crippen LogP contribution in [0, 0.1) is 12.7 Å². The summed E-state index contributed by atoms with van der Waals surface area (Å²) in [7, 11) is -3.48. The van der Waals surface area contributed by atoms with Gasteiger partial charge in [0.2, 0.25) is 5.88 Å².